The first-order chi connectivity index (χ1) is 9.24. The van der Waals surface area contributed by atoms with Gasteiger partial charge in [0, 0.05) is 12.7 Å². The van der Waals surface area contributed by atoms with Crippen molar-refractivity contribution < 1.29 is 9.53 Å². The first-order valence-electron chi connectivity index (χ1n) is 5.84. The van der Waals surface area contributed by atoms with E-state index in [-0.39, 0.29) is 5.97 Å². The number of carbonyl (C=O) groups excluding carboxylic acids is 1. The maximum Gasteiger partial charge on any atom is 0.339 e. The SMILES string of the molecule is COC(=O)c1ccccc1Nc1ccc(CN)cn1. The van der Waals surface area contributed by atoms with E-state index in [2.05, 4.69) is 10.3 Å². The molecule has 1 aromatic carbocycles. The third-order valence-corrected chi connectivity index (χ3v) is 2.66. The van der Waals surface area contributed by atoms with Gasteiger partial charge in [0.2, 0.25) is 0 Å². The van der Waals surface area contributed by atoms with Crippen LogP contribution in [0.2, 0.25) is 0 Å². The molecule has 0 unspecified atom stereocenters. The molecule has 5 nitrogen and oxygen atoms in total. The van der Waals surface area contributed by atoms with E-state index in [1.165, 1.54) is 7.11 Å². The molecule has 0 aliphatic carbocycles. The largest absolute Gasteiger partial charge is 0.465 e. The van der Waals surface area contributed by atoms with Crippen molar-refractivity contribution in [3.05, 3.63) is 53.7 Å². The summed E-state index contributed by atoms with van der Waals surface area (Å²) in [6.45, 7) is 0.450. The van der Waals surface area contributed by atoms with E-state index in [1.54, 1.807) is 24.4 Å². The van der Waals surface area contributed by atoms with Gasteiger partial charge >= 0.3 is 5.97 Å². The van der Waals surface area contributed by atoms with Gasteiger partial charge < -0.3 is 15.8 Å². The highest BCUT2D eigenvalue weighted by Crippen LogP contribution is 2.20. The van der Waals surface area contributed by atoms with Crippen LogP contribution in [0.4, 0.5) is 11.5 Å². The van der Waals surface area contributed by atoms with E-state index >= 15 is 0 Å². The predicted octanol–water partition coefficient (Wildman–Crippen LogP) is 2.07. The molecule has 0 radical (unpaired) electrons. The van der Waals surface area contributed by atoms with Crippen LogP contribution in [0.15, 0.2) is 42.6 Å². The van der Waals surface area contributed by atoms with Crippen molar-refractivity contribution in [3.8, 4) is 0 Å². The number of nitrogens with two attached hydrogens (primary N) is 1. The molecular formula is C14H15N3O2. The van der Waals surface area contributed by atoms with Crippen LogP contribution in [-0.2, 0) is 11.3 Å². The summed E-state index contributed by atoms with van der Waals surface area (Å²) in [6, 6.07) is 10.8. The molecule has 19 heavy (non-hydrogen) atoms. The lowest BCUT2D eigenvalue weighted by molar-refractivity contribution is 0.0602. The monoisotopic (exact) mass is 257 g/mol. The zero-order valence-corrected chi connectivity index (χ0v) is 10.6. The Morgan fingerprint density at radius 2 is 2.11 bits per heavy atom. The average molecular weight is 257 g/mol. The maximum atomic E-state index is 11.6. The number of nitrogens with one attached hydrogen (secondary N) is 1. The molecule has 1 aromatic heterocycles. The van der Waals surface area contributed by atoms with Crippen LogP contribution in [-0.4, -0.2) is 18.1 Å². The Labute approximate surface area is 111 Å². The molecule has 0 atom stereocenters. The van der Waals surface area contributed by atoms with Crippen molar-refractivity contribution in [1.82, 2.24) is 4.98 Å². The summed E-state index contributed by atoms with van der Waals surface area (Å²) in [7, 11) is 1.35. The van der Waals surface area contributed by atoms with Crippen LogP contribution in [0.25, 0.3) is 0 Å². The molecule has 1 heterocycles. The zero-order chi connectivity index (χ0) is 13.7. The van der Waals surface area contributed by atoms with Gasteiger partial charge in [-0.25, -0.2) is 9.78 Å². The molecule has 0 spiro atoms. The second-order valence-corrected chi connectivity index (χ2v) is 3.92. The summed E-state index contributed by atoms with van der Waals surface area (Å²) in [4.78, 5) is 15.9. The number of rotatable bonds is 4. The van der Waals surface area contributed by atoms with Crippen molar-refractivity contribution >= 4 is 17.5 Å². The Balaban J connectivity index is 2.25. The van der Waals surface area contributed by atoms with Gasteiger partial charge in [-0.2, -0.15) is 0 Å². The highest BCUT2D eigenvalue weighted by atomic mass is 16.5. The van der Waals surface area contributed by atoms with E-state index in [1.807, 2.05) is 18.2 Å². The fraction of sp³-hybridized carbons (Fsp3) is 0.143. The molecule has 0 fully saturated rings. The minimum absolute atomic E-state index is 0.387. The topological polar surface area (TPSA) is 77.2 Å². The molecule has 0 saturated heterocycles. The number of aromatic nitrogens is 1. The number of hydrogen-bond acceptors (Lipinski definition) is 5. The third-order valence-electron chi connectivity index (χ3n) is 2.66. The quantitative estimate of drug-likeness (QED) is 0.820. The number of anilines is 2. The molecule has 0 aliphatic rings. The lowest BCUT2D eigenvalue weighted by Gasteiger charge is -2.10. The molecule has 0 amide bonds. The normalized spacial score (nSPS) is 10.0. The number of benzene rings is 1. The molecule has 2 rings (SSSR count). The lowest BCUT2D eigenvalue weighted by atomic mass is 10.2. The molecule has 3 N–H and O–H groups in total. The smallest absolute Gasteiger partial charge is 0.339 e. The van der Waals surface area contributed by atoms with E-state index in [4.69, 9.17) is 10.5 Å². The minimum Gasteiger partial charge on any atom is -0.465 e. The summed E-state index contributed by atoms with van der Waals surface area (Å²) in [6.07, 6.45) is 1.70. The number of para-hydroxylation sites is 1. The van der Waals surface area contributed by atoms with Crippen molar-refractivity contribution in [3.63, 3.8) is 0 Å². The van der Waals surface area contributed by atoms with Crippen LogP contribution in [0.5, 0.6) is 0 Å². The molecule has 98 valence electrons. The summed E-state index contributed by atoms with van der Waals surface area (Å²) in [5.41, 5.74) is 7.59. The van der Waals surface area contributed by atoms with E-state index < -0.39 is 0 Å². The van der Waals surface area contributed by atoms with Gasteiger partial charge in [-0.05, 0) is 23.8 Å². The molecule has 0 saturated carbocycles. The molecule has 5 heteroatoms. The Bertz CT molecular complexity index is 567. The van der Waals surface area contributed by atoms with Crippen LogP contribution in [0.1, 0.15) is 15.9 Å². The van der Waals surface area contributed by atoms with Crippen molar-refractivity contribution in [2.75, 3.05) is 12.4 Å². The highest BCUT2D eigenvalue weighted by Gasteiger charge is 2.11. The standard InChI is InChI=1S/C14H15N3O2/c1-19-14(18)11-4-2-3-5-12(11)17-13-7-6-10(8-15)9-16-13/h2-7,9H,8,15H2,1H3,(H,16,17). The second kappa shape index (κ2) is 5.97. The van der Waals surface area contributed by atoms with Gasteiger partial charge in [-0.15, -0.1) is 0 Å². The Kier molecular flexibility index (Phi) is 4.10. The zero-order valence-electron chi connectivity index (χ0n) is 10.6. The summed E-state index contributed by atoms with van der Waals surface area (Å²) < 4.78 is 4.74. The molecular weight excluding hydrogens is 242 g/mol. The van der Waals surface area contributed by atoms with Gasteiger partial charge in [0.25, 0.3) is 0 Å². The number of nitrogens with zero attached hydrogens (tertiary/aromatic N) is 1. The fourth-order valence-electron chi connectivity index (χ4n) is 1.64. The number of pyridine rings is 1. The number of methoxy groups -OCH3 is 1. The number of hydrogen-bond donors (Lipinski definition) is 2. The summed E-state index contributed by atoms with van der Waals surface area (Å²) in [5, 5.41) is 3.09. The highest BCUT2D eigenvalue weighted by molar-refractivity contribution is 5.96. The van der Waals surface area contributed by atoms with Crippen LogP contribution in [0.3, 0.4) is 0 Å². The Hall–Kier alpha value is -2.40. The number of carbonyl (C=O) groups is 1. The van der Waals surface area contributed by atoms with Crippen molar-refractivity contribution in [2.45, 2.75) is 6.54 Å². The molecule has 2 aromatic rings. The summed E-state index contributed by atoms with van der Waals surface area (Å²) in [5.74, 6) is 0.259. The second-order valence-electron chi connectivity index (χ2n) is 3.92. The Morgan fingerprint density at radius 3 is 2.74 bits per heavy atom. The average Bonchev–Trinajstić information content (AvgIpc) is 2.48. The first-order valence-corrected chi connectivity index (χ1v) is 5.84. The van der Waals surface area contributed by atoms with E-state index in [9.17, 15) is 4.79 Å². The van der Waals surface area contributed by atoms with E-state index in [0.717, 1.165) is 5.56 Å². The van der Waals surface area contributed by atoms with Gasteiger partial charge in [-0.1, -0.05) is 18.2 Å². The molecule has 0 aliphatic heterocycles. The lowest BCUT2D eigenvalue weighted by Crippen LogP contribution is -2.06. The fourth-order valence-corrected chi connectivity index (χ4v) is 1.64. The number of esters is 1. The van der Waals surface area contributed by atoms with Gasteiger partial charge in [0.15, 0.2) is 0 Å². The Morgan fingerprint density at radius 1 is 1.32 bits per heavy atom. The minimum atomic E-state index is -0.387. The van der Waals surface area contributed by atoms with Crippen LogP contribution in [0, 0.1) is 0 Å². The first kappa shape index (κ1) is 13.0. The number of ether oxygens (including phenoxy) is 1. The molecule has 0 bridgehead atoms. The van der Waals surface area contributed by atoms with Crippen LogP contribution >= 0.6 is 0 Å². The predicted molar refractivity (Wildman–Crippen MR) is 73.2 cm³/mol. The van der Waals surface area contributed by atoms with Gasteiger partial charge in [0.1, 0.15) is 5.82 Å². The van der Waals surface area contributed by atoms with E-state index in [0.29, 0.717) is 23.6 Å². The van der Waals surface area contributed by atoms with Crippen LogP contribution < -0.4 is 11.1 Å². The van der Waals surface area contributed by atoms with Gasteiger partial charge in [-0.3, -0.25) is 0 Å². The van der Waals surface area contributed by atoms with Crippen molar-refractivity contribution in [2.24, 2.45) is 5.73 Å². The maximum absolute atomic E-state index is 11.6. The third kappa shape index (κ3) is 3.08. The van der Waals surface area contributed by atoms with Gasteiger partial charge in [0.05, 0.1) is 18.4 Å². The van der Waals surface area contributed by atoms with Crippen molar-refractivity contribution in [1.29, 1.82) is 0 Å². The summed E-state index contributed by atoms with van der Waals surface area (Å²) >= 11 is 0.